The van der Waals surface area contributed by atoms with Crippen LogP contribution in [0.3, 0.4) is 0 Å². The number of hydrogen-bond acceptors (Lipinski definition) is 3. The number of hydrogen-bond donors (Lipinski definition) is 2. The lowest BCUT2D eigenvalue weighted by Gasteiger charge is -2.28. The fourth-order valence-corrected chi connectivity index (χ4v) is 2.56. The van der Waals surface area contributed by atoms with Crippen LogP contribution in [0.15, 0.2) is 12.5 Å². The molecule has 16 heavy (non-hydrogen) atoms. The molecule has 2 N–H and O–H groups in total. The molecule has 1 saturated heterocycles. The monoisotopic (exact) mass is 221 g/mol. The molecule has 1 aliphatic carbocycles. The number of piperidine rings is 1. The Morgan fingerprint density at radius 3 is 2.94 bits per heavy atom. The van der Waals surface area contributed by atoms with Crippen molar-refractivity contribution in [3.05, 3.63) is 18.2 Å². The van der Waals surface area contributed by atoms with E-state index in [-0.39, 0.29) is 6.04 Å². The average molecular weight is 221 g/mol. The number of nitrogens with zero attached hydrogens (tertiary/aromatic N) is 2. The lowest BCUT2D eigenvalue weighted by molar-refractivity contribution is 0.106. The molecular formula is C12H19N3O. The zero-order valence-corrected chi connectivity index (χ0v) is 9.47. The summed E-state index contributed by atoms with van der Waals surface area (Å²) < 4.78 is 2.15. The first-order valence-corrected chi connectivity index (χ1v) is 6.29. The Balaban J connectivity index is 1.76. The molecule has 0 bridgehead atoms. The van der Waals surface area contributed by atoms with Crippen molar-refractivity contribution in [2.75, 3.05) is 6.54 Å². The van der Waals surface area contributed by atoms with Crippen LogP contribution in [0.5, 0.6) is 0 Å². The molecule has 2 aliphatic rings. The minimum absolute atomic E-state index is 0.211. The van der Waals surface area contributed by atoms with Crippen LogP contribution in [0.4, 0.5) is 0 Å². The van der Waals surface area contributed by atoms with E-state index in [0.29, 0.717) is 6.04 Å². The van der Waals surface area contributed by atoms with E-state index in [4.69, 9.17) is 0 Å². The van der Waals surface area contributed by atoms with E-state index in [9.17, 15) is 5.11 Å². The molecule has 2 unspecified atom stereocenters. The zero-order chi connectivity index (χ0) is 11.0. The molecule has 1 aromatic heterocycles. The molecule has 4 nitrogen and oxygen atoms in total. The number of nitrogens with one attached hydrogen (secondary N) is 1. The number of aliphatic hydroxyl groups excluding tert-OH is 1. The van der Waals surface area contributed by atoms with Crippen LogP contribution >= 0.6 is 0 Å². The van der Waals surface area contributed by atoms with E-state index >= 15 is 0 Å². The van der Waals surface area contributed by atoms with Gasteiger partial charge in [-0.2, -0.15) is 0 Å². The molecule has 0 spiro atoms. The first-order chi connectivity index (χ1) is 7.86. The van der Waals surface area contributed by atoms with E-state index in [1.165, 1.54) is 25.7 Å². The molecule has 1 saturated carbocycles. The molecule has 1 aromatic rings. The molecule has 4 heteroatoms. The molecular weight excluding hydrogens is 202 g/mol. The van der Waals surface area contributed by atoms with Gasteiger partial charge in [-0.1, -0.05) is 6.42 Å². The van der Waals surface area contributed by atoms with Crippen LogP contribution in [-0.2, 0) is 0 Å². The fourth-order valence-electron chi connectivity index (χ4n) is 2.56. The molecule has 3 rings (SSSR count). The van der Waals surface area contributed by atoms with Gasteiger partial charge >= 0.3 is 0 Å². The van der Waals surface area contributed by atoms with Crippen molar-refractivity contribution in [3.8, 4) is 0 Å². The van der Waals surface area contributed by atoms with Crippen molar-refractivity contribution in [3.63, 3.8) is 0 Å². The summed E-state index contributed by atoms with van der Waals surface area (Å²) in [4.78, 5) is 4.17. The highest BCUT2D eigenvalue weighted by molar-refractivity contribution is 5.09. The Morgan fingerprint density at radius 2 is 2.25 bits per heavy atom. The predicted octanol–water partition coefficient (Wildman–Crippen LogP) is 1.39. The van der Waals surface area contributed by atoms with Gasteiger partial charge in [0, 0.05) is 12.1 Å². The Kier molecular flexibility index (Phi) is 2.69. The molecule has 0 amide bonds. The van der Waals surface area contributed by atoms with Gasteiger partial charge in [0.05, 0.1) is 18.2 Å². The summed E-state index contributed by atoms with van der Waals surface area (Å²) in [5, 5.41) is 13.8. The molecule has 88 valence electrons. The third kappa shape index (κ3) is 1.87. The largest absolute Gasteiger partial charge is 0.385 e. The molecule has 0 radical (unpaired) electrons. The SMILES string of the molecule is OC(c1cncn1C1CC1)C1CCCCN1. The number of imidazole rings is 1. The van der Waals surface area contributed by atoms with Gasteiger partial charge in [-0.25, -0.2) is 4.98 Å². The highest BCUT2D eigenvalue weighted by Crippen LogP contribution is 2.37. The lowest BCUT2D eigenvalue weighted by Crippen LogP contribution is -2.39. The highest BCUT2D eigenvalue weighted by Gasteiger charge is 2.30. The van der Waals surface area contributed by atoms with Crippen LogP contribution in [0.2, 0.25) is 0 Å². The average Bonchev–Trinajstić information content (AvgIpc) is 3.07. The standard InChI is InChI=1S/C12H19N3O/c16-12(10-3-1-2-6-14-10)11-7-13-8-15(11)9-4-5-9/h7-10,12,14,16H,1-6H2. The summed E-state index contributed by atoms with van der Waals surface area (Å²) in [5.41, 5.74) is 0.988. The zero-order valence-electron chi connectivity index (χ0n) is 9.47. The molecule has 2 heterocycles. The summed E-state index contributed by atoms with van der Waals surface area (Å²) in [6, 6.07) is 0.804. The fraction of sp³-hybridized carbons (Fsp3) is 0.750. The van der Waals surface area contributed by atoms with Gasteiger partial charge in [-0.3, -0.25) is 0 Å². The van der Waals surface area contributed by atoms with Crippen molar-refractivity contribution >= 4 is 0 Å². The van der Waals surface area contributed by atoms with E-state index < -0.39 is 6.10 Å². The second-order valence-corrected chi connectivity index (χ2v) is 4.96. The first-order valence-electron chi connectivity index (χ1n) is 6.29. The Morgan fingerprint density at radius 1 is 1.38 bits per heavy atom. The second kappa shape index (κ2) is 4.18. The van der Waals surface area contributed by atoms with Crippen molar-refractivity contribution in [1.82, 2.24) is 14.9 Å². The van der Waals surface area contributed by atoms with Crippen molar-refractivity contribution in [2.24, 2.45) is 0 Å². The topological polar surface area (TPSA) is 50.1 Å². The van der Waals surface area contributed by atoms with Crippen LogP contribution in [-0.4, -0.2) is 27.2 Å². The van der Waals surface area contributed by atoms with Crippen LogP contribution in [0, 0.1) is 0 Å². The van der Waals surface area contributed by atoms with Gasteiger partial charge in [0.25, 0.3) is 0 Å². The molecule has 2 atom stereocenters. The minimum Gasteiger partial charge on any atom is -0.385 e. The van der Waals surface area contributed by atoms with Gasteiger partial charge < -0.3 is 15.0 Å². The first kappa shape index (κ1) is 10.3. The summed E-state index contributed by atoms with van der Waals surface area (Å²) in [6.45, 7) is 1.03. The third-order valence-electron chi connectivity index (χ3n) is 3.67. The van der Waals surface area contributed by atoms with Crippen LogP contribution in [0.1, 0.15) is 49.9 Å². The third-order valence-corrected chi connectivity index (χ3v) is 3.67. The Bertz CT molecular complexity index is 353. The quantitative estimate of drug-likeness (QED) is 0.811. The van der Waals surface area contributed by atoms with Gasteiger partial charge in [0.2, 0.25) is 0 Å². The maximum atomic E-state index is 10.4. The van der Waals surface area contributed by atoms with Crippen molar-refractivity contribution in [1.29, 1.82) is 0 Å². The van der Waals surface area contributed by atoms with Crippen molar-refractivity contribution in [2.45, 2.75) is 50.3 Å². The van der Waals surface area contributed by atoms with E-state index in [1.807, 2.05) is 12.5 Å². The highest BCUT2D eigenvalue weighted by atomic mass is 16.3. The predicted molar refractivity (Wildman–Crippen MR) is 61.1 cm³/mol. The van der Waals surface area contributed by atoms with Gasteiger partial charge in [0.1, 0.15) is 6.10 Å². The van der Waals surface area contributed by atoms with Gasteiger partial charge in [0.15, 0.2) is 0 Å². The minimum atomic E-state index is -0.400. The maximum Gasteiger partial charge on any atom is 0.111 e. The van der Waals surface area contributed by atoms with Gasteiger partial charge in [-0.15, -0.1) is 0 Å². The second-order valence-electron chi connectivity index (χ2n) is 4.96. The Hall–Kier alpha value is -0.870. The number of aromatic nitrogens is 2. The van der Waals surface area contributed by atoms with Crippen LogP contribution < -0.4 is 5.32 Å². The summed E-state index contributed by atoms with van der Waals surface area (Å²) in [7, 11) is 0. The van der Waals surface area contributed by atoms with Crippen molar-refractivity contribution < 1.29 is 5.11 Å². The van der Waals surface area contributed by atoms with E-state index in [0.717, 1.165) is 18.7 Å². The van der Waals surface area contributed by atoms with E-state index in [2.05, 4.69) is 14.9 Å². The van der Waals surface area contributed by atoms with Gasteiger partial charge in [-0.05, 0) is 32.2 Å². The summed E-state index contributed by atoms with van der Waals surface area (Å²) in [6.07, 6.45) is 9.25. The normalized spacial score (nSPS) is 27.9. The molecule has 0 aromatic carbocycles. The number of rotatable bonds is 3. The molecule has 2 fully saturated rings. The van der Waals surface area contributed by atoms with E-state index in [1.54, 1.807) is 0 Å². The van der Waals surface area contributed by atoms with Crippen LogP contribution in [0.25, 0.3) is 0 Å². The maximum absolute atomic E-state index is 10.4. The summed E-state index contributed by atoms with van der Waals surface area (Å²) >= 11 is 0. The Labute approximate surface area is 95.7 Å². The molecule has 1 aliphatic heterocycles. The lowest BCUT2D eigenvalue weighted by atomic mass is 9.98. The summed E-state index contributed by atoms with van der Waals surface area (Å²) in [5.74, 6) is 0. The smallest absolute Gasteiger partial charge is 0.111 e. The number of aliphatic hydroxyl groups is 1.